The van der Waals surface area contributed by atoms with Gasteiger partial charge in [-0.3, -0.25) is 0 Å². The third-order valence-corrected chi connectivity index (χ3v) is 6.65. The number of nitrogens with two attached hydrogens (primary N) is 1. The quantitative estimate of drug-likeness (QED) is 0.825. The topological polar surface area (TPSA) is 66.6 Å². The van der Waals surface area contributed by atoms with E-state index in [2.05, 4.69) is 20.8 Å². The van der Waals surface area contributed by atoms with Gasteiger partial charge in [0.25, 0.3) is 10.2 Å². The lowest BCUT2D eigenvalue weighted by molar-refractivity contribution is 0.145. The molecule has 2 N–H and O–H groups in total. The fraction of sp³-hybridized carbons (Fsp3) is 1.00. The monoisotopic (exact) mass is 289 g/mol. The Morgan fingerprint density at radius 3 is 2.11 bits per heavy atom. The van der Waals surface area contributed by atoms with Crippen molar-refractivity contribution in [1.29, 1.82) is 0 Å². The molecule has 0 amide bonds. The fourth-order valence-electron chi connectivity index (χ4n) is 2.90. The van der Waals surface area contributed by atoms with Crippen molar-refractivity contribution in [3.8, 4) is 0 Å². The van der Waals surface area contributed by atoms with E-state index in [4.69, 9.17) is 5.73 Å². The van der Waals surface area contributed by atoms with E-state index in [1.54, 1.807) is 8.61 Å². The Kier molecular flexibility index (Phi) is 4.26. The highest BCUT2D eigenvalue weighted by Gasteiger charge is 2.40. The Hall–Kier alpha value is -0.170. The van der Waals surface area contributed by atoms with Gasteiger partial charge in [0.2, 0.25) is 0 Å². The highest BCUT2D eigenvalue weighted by Crippen LogP contribution is 2.31. The molecule has 2 aliphatic heterocycles. The predicted molar refractivity (Wildman–Crippen MR) is 76.8 cm³/mol. The maximum Gasteiger partial charge on any atom is 0.281 e. The minimum atomic E-state index is -3.29. The Morgan fingerprint density at radius 1 is 1.05 bits per heavy atom. The summed E-state index contributed by atoms with van der Waals surface area (Å²) >= 11 is 0. The number of hydrogen-bond acceptors (Lipinski definition) is 3. The summed E-state index contributed by atoms with van der Waals surface area (Å²) in [6, 6.07) is 0.0836. The summed E-state index contributed by atoms with van der Waals surface area (Å²) in [5.41, 5.74) is 5.94. The minimum Gasteiger partial charge on any atom is -0.327 e. The summed E-state index contributed by atoms with van der Waals surface area (Å²) in [6.07, 6.45) is 2.68. The first-order valence-electron chi connectivity index (χ1n) is 7.24. The average molecular weight is 289 g/mol. The second kappa shape index (κ2) is 5.31. The Bertz CT molecular complexity index is 414. The van der Waals surface area contributed by atoms with Crippen LogP contribution in [0.1, 0.15) is 40.0 Å². The molecule has 0 aromatic carbocycles. The molecule has 6 heteroatoms. The number of piperidine rings is 2. The van der Waals surface area contributed by atoms with Gasteiger partial charge in [-0.15, -0.1) is 0 Å². The lowest BCUT2D eigenvalue weighted by Crippen LogP contribution is -2.57. The first-order valence-corrected chi connectivity index (χ1v) is 8.64. The van der Waals surface area contributed by atoms with Crippen LogP contribution >= 0.6 is 0 Å². The summed E-state index contributed by atoms with van der Waals surface area (Å²) in [5, 5.41) is 0. The van der Waals surface area contributed by atoms with Gasteiger partial charge in [0.1, 0.15) is 0 Å². The molecule has 0 spiro atoms. The van der Waals surface area contributed by atoms with E-state index in [1.807, 2.05) is 0 Å². The molecule has 1 atom stereocenters. The molecule has 2 saturated heterocycles. The molecule has 1 unspecified atom stereocenters. The Labute approximate surface area is 117 Å². The van der Waals surface area contributed by atoms with Crippen molar-refractivity contribution in [1.82, 2.24) is 8.61 Å². The van der Waals surface area contributed by atoms with Crippen LogP contribution in [0.3, 0.4) is 0 Å². The van der Waals surface area contributed by atoms with Crippen LogP contribution < -0.4 is 5.73 Å². The van der Waals surface area contributed by atoms with Crippen molar-refractivity contribution in [2.45, 2.75) is 46.1 Å². The molecule has 2 heterocycles. The van der Waals surface area contributed by atoms with Crippen LogP contribution in [-0.4, -0.2) is 49.2 Å². The van der Waals surface area contributed by atoms with Gasteiger partial charge in [0.05, 0.1) is 0 Å². The van der Waals surface area contributed by atoms with E-state index in [0.29, 0.717) is 32.1 Å². The van der Waals surface area contributed by atoms with Gasteiger partial charge in [0, 0.05) is 32.2 Å². The van der Waals surface area contributed by atoms with Crippen molar-refractivity contribution >= 4 is 10.2 Å². The summed E-state index contributed by atoms with van der Waals surface area (Å²) in [4.78, 5) is 0. The van der Waals surface area contributed by atoms with Gasteiger partial charge in [-0.2, -0.15) is 17.0 Å². The zero-order valence-corrected chi connectivity index (χ0v) is 13.1. The Morgan fingerprint density at radius 2 is 1.58 bits per heavy atom. The van der Waals surface area contributed by atoms with Gasteiger partial charge in [-0.1, -0.05) is 20.8 Å². The molecule has 0 aromatic rings. The zero-order valence-electron chi connectivity index (χ0n) is 12.3. The summed E-state index contributed by atoms with van der Waals surface area (Å²) < 4.78 is 28.6. The molecule has 5 nitrogen and oxygen atoms in total. The zero-order chi connectivity index (χ0) is 14.3. The molecule has 0 aromatic heterocycles. The highest BCUT2D eigenvalue weighted by molar-refractivity contribution is 7.86. The molecule has 0 radical (unpaired) electrons. The van der Waals surface area contributed by atoms with Crippen LogP contribution in [0, 0.1) is 11.3 Å². The fourth-order valence-corrected chi connectivity index (χ4v) is 4.73. The average Bonchev–Trinajstić information content (AvgIpc) is 2.33. The molecule has 2 fully saturated rings. The highest BCUT2D eigenvalue weighted by atomic mass is 32.2. The van der Waals surface area contributed by atoms with E-state index in [1.165, 1.54) is 0 Å². The van der Waals surface area contributed by atoms with E-state index < -0.39 is 10.2 Å². The van der Waals surface area contributed by atoms with Gasteiger partial charge < -0.3 is 5.73 Å². The van der Waals surface area contributed by atoms with Gasteiger partial charge in [0.15, 0.2) is 0 Å². The first-order chi connectivity index (χ1) is 8.73. The number of hydrogen-bond donors (Lipinski definition) is 1. The third-order valence-electron chi connectivity index (χ3n) is 4.67. The molecular weight excluding hydrogens is 262 g/mol. The second-order valence-electron chi connectivity index (χ2n) is 6.81. The van der Waals surface area contributed by atoms with E-state index >= 15 is 0 Å². The largest absolute Gasteiger partial charge is 0.327 e. The third kappa shape index (κ3) is 3.12. The smallest absolute Gasteiger partial charge is 0.281 e. The second-order valence-corrected chi connectivity index (χ2v) is 8.74. The van der Waals surface area contributed by atoms with Crippen molar-refractivity contribution in [2.24, 2.45) is 17.1 Å². The minimum absolute atomic E-state index is 0.0836. The Balaban J connectivity index is 2.08. The lowest BCUT2D eigenvalue weighted by Gasteiger charge is -2.44. The van der Waals surface area contributed by atoms with Crippen molar-refractivity contribution in [3.05, 3.63) is 0 Å². The van der Waals surface area contributed by atoms with Crippen molar-refractivity contribution < 1.29 is 8.42 Å². The molecule has 0 bridgehead atoms. The molecule has 2 aliphatic rings. The van der Waals surface area contributed by atoms with Crippen LogP contribution in [0.25, 0.3) is 0 Å². The maximum absolute atomic E-state index is 12.7. The SMILES string of the molecule is CC1CCN(S(=O)(=O)N2CCC(N)C(C)(C)C2)CC1. The van der Waals surface area contributed by atoms with E-state index in [9.17, 15) is 8.42 Å². The predicted octanol–water partition coefficient (Wildman–Crippen LogP) is 1.02. The van der Waals surface area contributed by atoms with Crippen molar-refractivity contribution in [3.63, 3.8) is 0 Å². The number of rotatable bonds is 2. The molecule has 0 saturated carbocycles. The summed E-state index contributed by atoms with van der Waals surface area (Å²) in [7, 11) is -3.29. The molecule has 2 rings (SSSR count). The standard InChI is InChI=1S/C13H27N3O2S/c1-11-4-7-15(8-5-11)19(17,18)16-9-6-12(14)13(2,3)10-16/h11-12H,4-10,14H2,1-3H3. The van der Waals surface area contributed by atoms with Crippen molar-refractivity contribution in [2.75, 3.05) is 26.2 Å². The number of nitrogens with zero attached hydrogens (tertiary/aromatic N) is 2. The summed E-state index contributed by atoms with van der Waals surface area (Å²) in [6.45, 7) is 8.70. The van der Waals surface area contributed by atoms with Crippen LogP contribution in [-0.2, 0) is 10.2 Å². The van der Waals surface area contributed by atoms with Gasteiger partial charge in [-0.05, 0) is 30.6 Å². The van der Waals surface area contributed by atoms with Crippen LogP contribution in [0.5, 0.6) is 0 Å². The normalized spacial score (nSPS) is 31.5. The van der Waals surface area contributed by atoms with Gasteiger partial charge in [-0.25, -0.2) is 0 Å². The maximum atomic E-state index is 12.7. The van der Waals surface area contributed by atoms with Crippen LogP contribution in [0.4, 0.5) is 0 Å². The molecule has 0 aliphatic carbocycles. The molecular formula is C13H27N3O2S. The molecule has 19 heavy (non-hydrogen) atoms. The van der Waals surface area contributed by atoms with Gasteiger partial charge >= 0.3 is 0 Å². The first kappa shape index (κ1) is 15.2. The van der Waals surface area contributed by atoms with E-state index in [0.717, 1.165) is 19.3 Å². The molecule has 112 valence electrons. The van der Waals surface area contributed by atoms with E-state index in [-0.39, 0.29) is 11.5 Å². The van der Waals surface area contributed by atoms with Crippen LogP contribution in [0.15, 0.2) is 0 Å². The van der Waals surface area contributed by atoms with Crippen LogP contribution in [0.2, 0.25) is 0 Å². The summed E-state index contributed by atoms with van der Waals surface area (Å²) in [5.74, 6) is 0.637. The lowest BCUT2D eigenvalue weighted by atomic mass is 9.81.